The maximum absolute atomic E-state index is 13.8. The summed E-state index contributed by atoms with van der Waals surface area (Å²) in [6.45, 7) is 4.65. The molecule has 0 aliphatic carbocycles. The average Bonchev–Trinajstić information content (AvgIpc) is 3.39. The Balaban J connectivity index is 1.63. The van der Waals surface area contributed by atoms with Gasteiger partial charge in [-0.3, -0.25) is 9.59 Å². The highest BCUT2D eigenvalue weighted by Gasteiger charge is 2.35. The Morgan fingerprint density at radius 1 is 1.09 bits per heavy atom. The first-order valence-electron chi connectivity index (χ1n) is 11.9. The number of benzene rings is 2. The van der Waals surface area contributed by atoms with Crippen molar-refractivity contribution in [3.63, 3.8) is 0 Å². The zero-order valence-corrected chi connectivity index (χ0v) is 21.5. The molecule has 2 atom stereocenters. The highest BCUT2D eigenvalue weighted by atomic mass is 32.1. The summed E-state index contributed by atoms with van der Waals surface area (Å²) in [6, 6.07) is 16.8. The Morgan fingerprint density at radius 2 is 1.83 bits per heavy atom. The molecule has 0 N–H and O–H groups in total. The third-order valence-electron chi connectivity index (χ3n) is 6.72. The number of amides is 2. The Morgan fingerprint density at radius 3 is 2.51 bits per heavy atom. The molecular formula is C28H32N2O4S. The summed E-state index contributed by atoms with van der Waals surface area (Å²) in [5, 5.41) is 2.09. The van der Waals surface area contributed by atoms with Crippen molar-refractivity contribution in [2.75, 3.05) is 27.3 Å². The monoisotopic (exact) mass is 492 g/mol. The third-order valence-corrected chi connectivity index (χ3v) is 7.72. The van der Waals surface area contributed by atoms with E-state index in [1.165, 1.54) is 4.88 Å². The molecule has 7 heteroatoms. The Labute approximate surface area is 211 Å². The van der Waals surface area contributed by atoms with E-state index < -0.39 is 0 Å². The Hall–Kier alpha value is -3.32. The molecule has 6 nitrogen and oxygen atoms in total. The molecule has 3 aromatic rings. The van der Waals surface area contributed by atoms with Crippen molar-refractivity contribution in [1.29, 1.82) is 0 Å². The molecule has 1 aliphatic rings. The first-order chi connectivity index (χ1) is 17.0. The SMILES string of the molecule is CCC(C)N(CC(=O)N1CCc2sccc2C1c1ccc(OC)cc1)C(=O)c1cccc(OC)c1. The second-order valence-electron chi connectivity index (χ2n) is 8.73. The van der Waals surface area contributed by atoms with Crippen LogP contribution in [0.1, 0.15) is 52.7 Å². The van der Waals surface area contributed by atoms with Crippen molar-refractivity contribution in [3.8, 4) is 11.5 Å². The van der Waals surface area contributed by atoms with Crippen LogP contribution in [0.2, 0.25) is 0 Å². The molecule has 0 bridgehead atoms. The molecule has 184 valence electrons. The number of fused-ring (bicyclic) bond motifs is 1. The quantitative estimate of drug-likeness (QED) is 0.435. The molecular weight excluding hydrogens is 460 g/mol. The molecule has 2 amide bonds. The summed E-state index contributed by atoms with van der Waals surface area (Å²) >= 11 is 1.73. The van der Waals surface area contributed by atoms with Crippen LogP contribution in [0.5, 0.6) is 11.5 Å². The second kappa shape index (κ2) is 11.0. The van der Waals surface area contributed by atoms with Gasteiger partial charge in [-0.15, -0.1) is 11.3 Å². The molecule has 1 aromatic heterocycles. The van der Waals surface area contributed by atoms with Crippen molar-refractivity contribution in [2.45, 2.75) is 38.8 Å². The largest absolute Gasteiger partial charge is 0.497 e. The first kappa shape index (κ1) is 24.8. The minimum atomic E-state index is -0.186. The fourth-order valence-electron chi connectivity index (χ4n) is 4.54. The van der Waals surface area contributed by atoms with Crippen LogP contribution in [0.4, 0.5) is 0 Å². The van der Waals surface area contributed by atoms with Crippen LogP contribution in [-0.4, -0.2) is 55.0 Å². The van der Waals surface area contributed by atoms with Gasteiger partial charge in [0.25, 0.3) is 5.91 Å². The number of thiophene rings is 1. The number of methoxy groups -OCH3 is 2. The van der Waals surface area contributed by atoms with E-state index in [1.807, 2.05) is 43.0 Å². The summed E-state index contributed by atoms with van der Waals surface area (Å²) in [6.07, 6.45) is 1.57. The van der Waals surface area contributed by atoms with Gasteiger partial charge in [0.2, 0.25) is 5.91 Å². The van der Waals surface area contributed by atoms with E-state index >= 15 is 0 Å². The van der Waals surface area contributed by atoms with Crippen LogP contribution < -0.4 is 9.47 Å². The summed E-state index contributed by atoms with van der Waals surface area (Å²) < 4.78 is 10.6. The van der Waals surface area contributed by atoms with E-state index in [-0.39, 0.29) is 30.4 Å². The van der Waals surface area contributed by atoms with E-state index in [4.69, 9.17) is 9.47 Å². The van der Waals surface area contributed by atoms with Crippen LogP contribution in [0.3, 0.4) is 0 Å². The van der Waals surface area contributed by atoms with Gasteiger partial charge in [-0.25, -0.2) is 0 Å². The average molecular weight is 493 g/mol. The lowest BCUT2D eigenvalue weighted by atomic mass is 9.93. The molecule has 2 aromatic carbocycles. The van der Waals surface area contributed by atoms with E-state index in [9.17, 15) is 9.59 Å². The number of nitrogens with zero attached hydrogens (tertiary/aromatic N) is 2. The predicted molar refractivity (Wildman–Crippen MR) is 138 cm³/mol. The van der Waals surface area contributed by atoms with Crippen molar-refractivity contribution in [3.05, 3.63) is 81.5 Å². The van der Waals surface area contributed by atoms with E-state index in [2.05, 4.69) is 11.4 Å². The fraction of sp³-hybridized carbons (Fsp3) is 0.357. The lowest BCUT2D eigenvalue weighted by Gasteiger charge is -2.38. The van der Waals surface area contributed by atoms with Crippen molar-refractivity contribution in [2.24, 2.45) is 0 Å². The number of hydrogen-bond acceptors (Lipinski definition) is 5. The van der Waals surface area contributed by atoms with Gasteiger partial charge in [0, 0.05) is 23.0 Å². The van der Waals surface area contributed by atoms with E-state index in [0.717, 1.165) is 29.7 Å². The predicted octanol–water partition coefficient (Wildman–Crippen LogP) is 5.18. The minimum Gasteiger partial charge on any atom is -0.497 e. The van der Waals surface area contributed by atoms with E-state index in [1.54, 1.807) is 54.7 Å². The molecule has 2 heterocycles. The van der Waals surface area contributed by atoms with Gasteiger partial charge in [-0.2, -0.15) is 0 Å². The van der Waals surface area contributed by atoms with Gasteiger partial charge in [-0.1, -0.05) is 25.1 Å². The van der Waals surface area contributed by atoms with Crippen molar-refractivity contribution in [1.82, 2.24) is 9.80 Å². The highest BCUT2D eigenvalue weighted by Crippen LogP contribution is 2.38. The van der Waals surface area contributed by atoms with Gasteiger partial charge in [0.15, 0.2) is 0 Å². The topological polar surface area (TPSA) is 59.1 Å². The zero-order valence-electron chi connectivity index (χ0n) is 20.7. The summed E-state index contributed by atoms with van der Waals surface area (Å²) in [5.74, 6) is 1.17. The Bertz CT molecular complexity index is 1170. The summed E-state index contributed by atoms with van der Waals surface area (Å²) in [7, 11) is 3.22. The zero-order chi connectivity index (χ0) is 24.9. The number of carbonyl (C=O) groups is 2. The maximum Gasteiger partial charge on any atom is 0.254 e. The normalized spacial score (nSPS) is 15.8. The van der Waals surface area contributed by atoms with Gasteiger partial charge >= 0.3 is 0 Å². The molecule has 0 fully saturated rings. The van der Waals surface area contributed by atoms with Crippen molar-refractivity contribution < 1.29 is 19.1 Å². The van der Waals surface area contributed by atoms with Crippen molar-refractivity contribution >= 4 is 23.2 Å². The van der Waals surface area contributed by atoms with Gasteiger partial charge in [-0.05, 0) is 72.7 Å². The fourth-order valence-corrected chi connectivity index (χ4v) is 5.44. The lowest BCUT2D eigenvalue weighted by Crippen LogP contribution is -2.49. The third kappa shape index (κ3) is 5.20. The standard InChI is InChI=1S/C28H32N2O4S/c1-5-19(2)30(28(32)21-7-6-8-23(17-21)34-4)18-26(31)29-15-13-25-24(14-16-35-25)27(29)20-9-11-22(33-3)12-10-20/h6-12,14,16-17,19,27H,5,13,15,18H2,1-4H3. The van der Waals surface area contributed by atoms with Crippen LogP contribution >= 0.6 is 11.3 Å². The molecule has 0 saturated carbocycles. The maximum atomic E-state index is 13.8. The van der Waals surface area contributed by atoms with Gasteiger partial charge in [0.05, 0.1) is 20.3 Å². The smallest absolute Gasteiger partial charge is 0.254 e. The second-order valence-corrected chi connectivity index (χ2v) is 9.73. The molecule has 4 rings (SSSR count). The molecule has 0 radical (unpaired) electrons. The number of ether oxygens (including phenoxy) is 2. The number of hydrogen-bond donors (Lipinski definition) is 0. The molecule has 2 unspecified atom stereocenters. The van der Waals surface area contributed by atoms with Gasteiger partial charge in [0.1, 0.15) is 18.0 Å². The van der Waals surface area contributed by atoms with E-state index in [0.29, 0.717) is 17.9 Å². The summed E-state index contributed by atoms with van der Waals surface area (Å²) in [5.41, 5.74) is 2.71. The molecule has 0 saturated heterocycles. The van der Waals surface area contributed by atoms with Crippen LogP contribution in [0.25, 0.3) is 0 Å². The van der Waals surface area contributed by atoms with Crippen LogP contribution in [0.15, 0.2) is 60.0 Å². The molecule has 1 aliphatic heterocycles. The summed E-state index contributed by atoms with van der Waals surface area (Å²) in [4.78, 5) is 32.2. The molecule has 0 spiro atoms. The van der Waals surface area contributed by atoms with Gasteiger partial charge < -0.3 is 19.3 Å². The highest BCUT2D eigenvalue weighted by molar-refractivity contribution is 7.10. The minimum absolute atomic E-state index is 0.0250. The molecule has 35 heavy (non-hydrogen) atoms. The lowest BCUT2D eigenvalue weighted by molar-refractivity contribution is -0.134. The Kier molecular flexibility index (Phi) is 7.76. The number of carbonyl (C=O) groups excluding carboxylic acids is 2. The van der Waals surface area contributed by atoms with Crippen LogP contribution in [-0.2, 0) is 11.2 Å². The number of rotatable bonds is 8. The van der Waals surface area contributed by atoms with Crippen LogP contribution in [0, 0.1) is 0 Å². The first-order valence-corrected chi connectivity index (χ1v) is 12.8.